The van der Waals surface area contributed by atoms with Crippen molar-refractivity contribution < 1.29 is 26.1 Å². The zero-order chi connectivity index (χ0) is 23.3. The van der Waals surface area contributed by atoms with Gasteiger partial charge in [-0.3, -0.25) is 0 Å². The Hall–Kier alpha value is -1.29. The molecule has 2 aromatic rings. The summed E-state index contributed by atoms with van der Waals surface area (Å²) in [4.78, 5) is 22.1. The zero-order valence-corrected chi connectivity index (χ0v) is 22.3. The van der Waals surface area contributed by atoms with E-state index < -0.39 is 0 Å². The Morgan fingerprint density at radius 2 is 0.839 bits per heavy atom. The Bertz CT molecular complexity index is 771. The summed E-state index contributed by atoms with van der Waals surface area (Å²) in [6, 6.07) is 16.3. The molecular formula is C26H34NiO2S2. The molecule has 0 aliphatic carbocycles. The normalized spacial score (nSPS) is 13.2. The van der Waals surface area contributed by atoms with Crippen molar-refractivity contribution in [3.8, 4) is 0 Å². The van der Waals surface area contributed by atoms with Crippen LogP contribution in [0.5, 0.6) is 0 Å². The molecule has 0 fully saturated rings. The van der Waals surface area contributed by atoms with E-state index in [1.54, 1.807) is 0 Å². The molecule has 0 saturated carbocycles. The van der Waals surface area contributed by atoms with Gasteiger partial charge in [-0.1, -0.05) is 104 Å². The number of carbonyl (C=O) groups is 2. The van der Waals surface area contributed by atoms with Crippen LogP contribution < -0.4 is 0 Å². The van der Waals surface area contributed by atoms with Crippen LogP contribution in [0, 0.1) is 0 Å². The third kappa shape index (κ3) is 9.39. The second-order valence-corrected chi connectivity index (χ2v) is 10.6. The Morgan fingerprint density at radius 1 is 0.613 bits per heavy atom. The maximum atomic E-state index is 11.0. The second kappa shape index (κ2) is 12.1. The second-order valence-electron chi connectivity index (χ2n) is 9.83. The number of hydrogen-bond donors (Lipinski definition) is 0. The first-order valence-electron chi connectivity index (χ1n) is 10.3. The molecule has 2 rings (SSSR count). The molecule has 172 valence electrons. The Balaban J connectivity index is 0.000000562. The van der Waals surface area contributed by atoms with E-state index in [9.17, 15) is 9.59 Å². The van der Waals surface area contributed by atoms with E-state index in [4.69, 9.17) is 0 Å². The fraction of sp³-hybridized carbons (Fsp3) is 0.462. The van der Waals surface area contributed by atoms with Crippen molar-refractivity contribution in [1.29, 1.82) is 0 Å². The molecule has 0 aliphatic heterocycles. The first kappa shape index (κ1) is 29.7. The molecule has 5 heteroatoms. The smallest absolute Gasteiger partial charge is 0.741 e. The van der Waals surface area contributed by atoms with Gasteiger partial charge in [0.05, 0.1) is 0 Å². The van der Waals surface area contributed by atoms with E-state index in [1.165, 1.54) is 11.1 Å². The molecule has 0 N–H and O–H groups in total. The third-order valence-corrected chi connectivity index (χ3v) is 5.97. The van der Waals surface area contributed by atoms with Crippen LogP contribution in [0.25, 0.3) is 0 Å². The molecule has 0 bridgehead atoms. The summed E-state index contributed by atoms with van der Waals surface area (Å²) < 4.78 is 0. The van der Waals surface area contributed by atoms with E-state index >= 15 is 0 Å². The van der Waals surface area contributed by atoms with Crippen LogP contribution in [0.3, 0.4) is 0 Å². The van der Waals surface area contributed by atoms with Gasteiger partial charge in [-0.2, -0.15) is 0 Å². The molecule has 2 unspecified atom stereocenters. The molecular weight excluding hydrogens is 467 g/mol. The number of benzene rings is 2. The first-order chi connectivity index (χ1) is 13.6. The molecule has 0 spiro atoms. The van der Waals surface area contributed by atoms with Gasteiger partial charge >= 0.3 is 16.5 Å². The average molecular weight is 501 g/mol. The molecule has 2 atom stereocenters. The molecule has 0 radical (unpaired) electrons. The van der Waals surface area contributed by atoms with E-state index in [2.05, 4.69) is 91.1 Å². The molecule has 0 aliphatic rings. The summed E-state index contributed by atoms with van der Waals surface area (Å²) in [6.07, 6.45) is 0. The Labute approximate surface area is 209 Å². The van der Waals surface area contributed by atoms with Crippen LogP contribution in [0.4, 0.5) is 0 Å². The van der Waals surface area contributed by atoms with Gasteiger partial charge in [0.2, 0.25) is 0 Å². The summed E-state index contributed by atoms with van der Waals surface area (Å²) in [6.45, 7) is 16.7. The fourth-order valence-electron chi connectivity index (χ4n) is 2.82. The molecule has 31 heavy (non-hydrogen) atoms. The topological polar surface area (TPSA) is 34.1 Å². The van der Waals surface area contributed by atoms with Gasteiger partial charge in [0, 0.05) is 22.1 Å². The Morgan fingerprint density at radius 3 is 1.00 bits per heavy atom. The monoisotopic (exact) mass is 500 g/mol. The van der Waals surface area contributed by atoms with Crippen LogP contribution >= 0.6 is 0 Å². The largest absolute Gasteiger partial charge is 2.00 e. The fourth-order valence-corrected chi connectivity index (χ4v) is 3.09. The quantitative estimate of drug-likeness (QED) is 0.363. The number of rotatable bonds is 4. The minimum absolute atomic E-state index is 0. The SMILES string of the molecule is CC(C(=O)[S-])c1ccc(C(C)(C)C)cc1.CC(C(=O)[S-])c1ccc(C(C)(C)C)cc1.[Ni+2]. The minimum Gasteiger partial charge on any atom is -0.741 e. The molecule has 2 aromatic carbocycles. The van der Waals surface area contributed by atoms with Crippen LogP contribution in [0.1, 0.15) is 89.5 Å². The van der Waals surface area contributed by atoms with Gasteiger partial charge in [0.1, 0.15) is 0 Å². The molecule has 0 heterocycles. The van der Waals surface area contributed by atoms with Gasteiger partial charge < -0.3 is 34.8 Å². The van der Waals surface area contributed by atoms with Crippen molar-refractivity contribution in [3.63, 3.8) is 0 Å². The van der Waals surface area contributed by atoms with E-state index in [0.29, 0.717) is 0 Å². The summed E-state index contributed by atoms with van der Waals surface area (Å²) in [5.74, 6) is -0.344. The van der Waals surface area contributed by atoms with Crippen molar-refractivity contribution >= 4 is 35.5 Å². The molecule has 0 aromatic heterocycles. The van der Waals surface area contributed by atoms with Crippen molar-refractivity contribution in [2.75, 3.05) is 0 Å². The molecule has 0 amide bonds. The van der Waals surface area contributed by atoms with Crippen LogP contribution in [-0.4, -0.2) is 10.2 Å². The zero-order valence-electron chi connectivity index (χ0n) is 19.7. The van der Waals surface area contributed by atoms with E-state index in [-0.39, 0.29) is 49.4 Å². The van der Waals surface area contributed by atoms with Gasteiger partial charge in [0.25, 0.3) is 0 Å². The molecule has 0 saturated heterocycles. The maximum Gasteiger partial charge on any atom is 2.00 e. The Kier molecular flexibility index (Phi) is 11.6. The van der Waals surface area contributed by atoms with Gasteiger partial charge in [-0.15, -0.1) is 0 Å². The van der Waals surface area contributed by atoms with Gasteiger partial charge in [0.15, 0.2) is 0 Å². The van der Waals surface area contributed by atoms with Crippen LogP contribution in [-0.2, 0) is 62.2 Å². The average Bonchev–Trinajstić information content (AvgIpc) is 2.66. The van der Waals surface area contributed by atoms with Crippen molar-refractivity contribution in [1.82, 2.24) is 0 Å². The molecule has 2 nitrogen and oxygen atoms in total. The van der Waals surface area contributed by atoms with Gasteiger partial charge in [-0.25, -0.2) is 0 Å². The van der Waals surface area contributed by atoms with Crippen LogP contribution in [0.15, 0.2) is 48.5 Å². The summed E-state index contributed by atoms with van der Waals surface area (Å²) in [5.41, 5.74) is 4.86. The summed E-state index contributed by atoms with van der Waals surface area (Å²) in [5, 5.41) is -0.392. The van der Waals surface area contributed by atoms with Crippen molar-refractivity contribution in [2.24, 2.45) is 0 Å². The van der Waals surface area contributed by atoms with Gasteiger partial charge in [-0.05, 0) is 33.1 Å². The predicted molar refractivity (Wildman–Crippen MR) is 132 cm³/mol. The standard InChI is InChI=1S/2C13H18OS.Ni/c2*1-9(12(14)15)10-5-7-11(8-6-10)13(2,3)4;/h2*5-9H,1-4H3,(H,14,15);/q;;+2/p-2. The van der Waals surface area contributed by atoms with Crippen molar-refractivity contribution in [3.05, 3.63) is 70.8 Å². The summed E-state index contributed by atoms with van der Waals surface area (Å²) >= 11 is 9.30. The maximum absolute atomic E-state index is 11.0. The van der Waals surface area contributed by atoms with E-state index in [1.807, 2.05) is 38.1 Å². The van der Waals surface area contributed by atoms with Crippen LogP contribution in [0.2, 0.25) is 0 Å². The minimum atomic E-state index is -0.196. The van der Waals surface area contributed by atoms with Crippen molar-refractivity contribution in [2.45, 2.75) is 78.1 Å². The number of hydrogen-bond acceptors (Lipinski definition) is 4. The first-order valence-corrected chi connectivity index (χ1v) is 11.1. The van der Waals surface area contributed by atoms with E-state index in [0.717, 1.165) is 11.1 Å². The number of carbonyl (C=O) groups excluding carboxylic acids is 2. The predicted octanol–water partition coefficient (Wildman–Crippen LogP) is 6.32. The summed E-state index contributed by atoms with van der Waals surface area (Å²) in [7, 11) is 0. The third-order valence-electron chi connectivity index (χ3n) is 5.26.